The van der Waals surface area contributed by atoms with E-state index in [0.29, 0.717) is 17.3 Å². The van der Waals surface area contributed by atoms with Crippen molar-refractivity contribution in [2.75, 3.05) is 6.54 Å². The Bertz CT molecular complexity index is 823. The summed E-state index contributed by atoms with van der Waals surface area (Å²) >= 11 is 1.51. The van der Waals surface area contributed by atoms with Gasteiger partial charge in [0.15, 0.2) is 5.82 Å². The van der Waals surface area contributed by atoms with Gasteiger partial charge >= 0.3 is 0 Å². The number of hydrogen-bond acceptors (Lipinski definition) is 6. The molecule has 1 amide bonds. The van der Waals surface area contributed by atoms with Crippen molar-refractivity contribution >= 4 is 17.2 Å². The average Bonchev–Trinajstić information content (AvgIpc) is 3.25. The van der Waals surface area contributed by atoms with Crippen LogP contribution in [0.1, 0.15) is 28.7 Å². The lowest BCUT2D eigenvalue weighted by Gasteiger charge is -2.22. The maximum absolute atomic E-state index is 12.2. The van der Waals surface area contributed by atoms with Crippen LogP contribution in [0.4, 0.5) is 0 Å². The van der Waals surface area contributed by atoms with E-state index in [4.69, 9.17) is 4.52 Å². The Kier molecular flexibility index (Phi) is 4.46. The van der Waals surface area contributed by atoms with Gasteiger partial charge in [-0.15, -0.1) is 0 Å². The Morgan fingerprint density at radius 1 is 1.33 bits per heavy atom. The first kappa shape index (κ1) is 16.4. The molecule has 2 aromatic heterocycles. The lowest BCUT2D eigenvalue weighted by molar-refractivity contribution is 0.0530. The molecule has 124 valence electrons. The van der Waals surface area contributed by atoms with E-state index in [9.17, 15) is 9.90 Å². The second-order valence-corrected chi connectivity index (χ2v) is 6.47. The predicted octanol–water partition coefficient (Wildman–Crippen LogP) is 2.74. The number of aromatic nitrogens is 2. The van der Waals surface area contributed by atoms with E-state index in [1.54, 1.807) is 38.1 Å². The quantitative estimate of drug-likeness (QED) is 0.744. The highest BCUT2D eigenvalue weighted by Crippen LogP contribution is 2.22. The normalized spacial score (nSPS) is 13.5. The van der Waals surface area contributed by atoms with Crippen LogP contribution in [-0.4, -0.2) is 27.7 Å². The van der Waals surface area contributed by atoms with Crippen LogP contribution in [0.25, 0.3) is 11.5 Å². The molecule has 2 N–H and O–H groups in total. The molecule has 0 aliphatic carbocycles. The lowest BCUT2D eigenvalue weighted by Crippen LogP contribution is -2.38. The van der Waals surface area contributed by atoms with E-state index in [1.807, 2.05) is 16.8 Å². The number of rotatable bonds is 5. The first-order valence-electron chi connectivity index (χ1n) is 7.40. The Hall–Kier alpha value is -2.51. The summed E-state index contributed by atoms with van der Waals surface area (Å²) in [4.78, 5) is 16.4. The molecule has 0 saturated carbocycles. The number of nitrogens with zero attached hydrogens (tertiary/aromatic N) is 2. The summed E-state index contributed by atoms with van der Waals surface area (Å²) in [5.41, 5.74) is 0.931. The zero-order valence-corrected chi connectivity index (χ0v) is 14.1. The lowest BCUT2D eigenvalue weighted by atomic mass is 9.99. The van der Waals surface area contributed by atoms with Gasteiger partial charge in [-0.1, -0.05) is 5.16 Å². The zero-order valence-electron chi connectivity index (χ0n) is 13.3. The molecular formula is C17H17N3O3S. The predicted molar refractivity (Wildman–Crippen MR) is 90.7 cm³/mol. The Labute approximate surface area is 143 Å². The van der Waals surface area contributed by atoms with Crippen molar-refractivity contribution in [2.24, 2.45) is 0 Å². The van der Waals surface area contributed by atoms with Crippen LogP contribution < -0.4 is 5.32 Å². The maximum Gasteiger partial charge on any atom is 0.257 e. The summed E-state index contributed by atoms with van der Waals surface area (Å²) in [6.07, 6.45) is 0. The van der Waals surface area contributed by atoms with Crippen molar-refractivity contribution in [3.63, 3.8) is 0 Å². The van der Waals surface area contributed by atoms with Gasteiger partial charge in [0, 0.05) is 11.1 Å². The minimum atomic E-state index is -1.10. The molecule has 6 nitrogen and oxygen atoms in total. The van der Waals surface area contributed by atoms with E-state index < -0.39 is 5.60 Å². The van der Waals surface area contributed by atoms with E-state index in [1.165, 1.54) is 11.3 Å². The maximum atomic E-state index is 12.2. The van der Waals surface area contributed by atoms with Crippen molar-refractivity contribution in [3.8, 4) is 11.5 Å². The first-order chi connectivity index (χ1) is 11.5. The summed E-state index contributed by atoms with van der Waals surface area (Å²) in [5.74, 6) is 0.723. The fraction of sp³-hybridized carbons (Fsp3) is 0.235. The summed E-state index contributed by atoms with van der Waals surface area (Å²) in [6, 6.07) is 8.71. The SMILES string of the molecule is Cc1noc(-c2ccc(C(=O)NCC(C)(O)c3ccsc3)cc2)n1. The highest BCUT2D eigenvalue weighted by Gasteiger charge is 2.24. The van der Waals surface area contributed by atoms with Gasteiger partial charge in [0.1, 0.15) is 5.60 Å². The number of nitrogens with one attached hydrogen (secondary N) is 1. The number of amides is 1. The average molecular weight is 343 g/mol. The van der Waals surface area contributed by atoms with Crippen LogP contribution in [0.2, 0.25) is 0 Å². The molecule has 0 fully saturated rings. The summed E-state index contributed by atoms with van der Waals surface area (Å²) in [7, 11) is 0. The van der Waals surface area contributed by atoms with E-state index in [2.05, 4.69) is 15.5 Å². The molecule has 0 radical (unpaired) electrons. The van der Waals surface area contributed by atoms with Crippen LogP contribution in [0.5, 0.6) is 0 Å². The number of aliphatic hydroxyl groups is 1. The third kappa shape index (κ3) is 3.52. The molecule has 3 rings (SSSR count). The molecule has 0 saturated heterocycles. The number of thiophene rings is 1. The van der Waals surface area contributed by atoms with Crippen molar-refractivity contribution < 1.29 is 14.4 Å². The van der Waals surface area contributed by atoms with Crippen molar-refractivity contribution in [1.29, 1.82) is 0 Å². The van der Waals surface area contributed by atoms with Crippen molar-refractivity contribution in [1.82, 2.24) is 15.5 Å². The third-order valence-corrected chi connectivity index (χ3v) is 4.34. The summed E-state index contributed by atoms with van der Waals surface area (Å²) in [6.45, 7) is 3.55. The van der Waals surface area contributed by atoms with Crippen LogP contribution in [0.15, 0.2) is 45.6 Å². The van der Waals surface area contributed by atoms with Gasteiger partial charge in [-0.3, -0.25) is 4.79 Å². The highest BCUT2D eigenvalue weighted by atomic mass is 32.1. The number of carbonyl (C=O) groups is 1. The molecule has 3 aromatic rings. The van der Waals surface area contributed by atoms with Crippen LogP contribution in [0.3, 0.4) is 0 Å². The monoisotopic (exact) mass is 343 g/mol. The number of benzene rings is 1. The molecule has 0 bridgehead atoms. The standard InChI is InChI=1S/C17H17N3O3S/c1-11-19-16(23-20-11)13-5-3-12(4-6-13)15(21)18-10-17(2,22)14-7-8-24-9-14/h3-9,22H,10H2,1-2H3,(H,18,21). The second-order valence-electron chi connectivity index (χ2n) is 5.69. The second kappa shape index (κ2) is 6.54. The smallest absolute Gasteiger partial charge is 0.257 e. The Morgan fingerprint density at radius 3 is 2.67 bits per heavy atom. The Morgan fingerprint density at radius 2 is 2.08 bits per heavy atom. The fourth-order valence-corrected chi connectivity index (χ4v) is 2.99. The molecule has 0 aliphatic rings. The molecular weight excluding hydrogens is 326 g/mol. The van der Waals surface area contributed by atoms with E-state index >= 15 is 0 Å². The van der Waals surface area contributed by atoms with Crippen LogP contribution in [0, 0.1) is 6.92 Å². The molecule has 7 heteroatoms. The number of carbonyl (C=O) groups excluding carboxylic acids is 1. The van der Waals surface area contributed by atoms with Gasteiger partial charge in [-0.25, -0.2) is 0 Å². The number of hydrogen-bond donors (Lipinski definition) is 2. The van der Waals surface area contributed by atoms with E-state index in [-0.39, 0.29) is 12.5 Å². The summed E-state index contributed by atoms with van der Waals surface area (Å²) in [5, 5.41) is 20.7. The van der Waals surface area contributed by atoms with Gasteiger partial charge in [0.2, 0.25) is 0 Å². The van der Waals surface area contributed by atoms with Crippen molar-refractivity contribution in [3.05, 3.63) is 58.0 Å². The van der Waals surface area contributed by atoms with Gasteiger partial charge in [0.25, 0.3) is 11.8 Å². The van der Waals surface area contributed by atoms with Gasteiger partial charge in [0.05, 0.1) is 6.54 Å². The topological polar surface area (TPSA) is 88.2 Å². The molecule has 0 spiro atoms. The minimum absolute atomic E-state index is 0.132. The van der Waals surface area contributed by atoms with Gasteiger partial charge in [-0.2, -0.15) is 16.3 Å². The van der Waals surface area contributed by atoms with Gasteiger partial charge in [-0.05, 0) is 60.5 Å². The molecule has 1 aromatic carbocycles. The first-order valence-corrected chi connectivity index (χ1v) is 8.34. The number of aryl methyl sites for hydroxylation is 1. The largest absolute Gasteiger partial charge is 0.384 e. The third-order valence-electron chi connectivity index (χ3n) is 3.66. The van der Waals surface area contributed by atoms with Crippen LogP contribution >= 0.6 is 11.3 Å². The summed E-state index contributed by atoms with van der Waals surface area (Å²) < 4.78 is 5.09. The molecule has 1 atom stereocenters. The van der Waals surface area contributed by atoms with Crippen LogP contribution in [-0.2, 0) is 5.60 Å². The molecule has 2 heterocycles. The fourth-order valence-electron chi connectivity index (χ4n) is 2.21. The minimum Gasteiger partial charge on any atom is -0.384 e. The van der Waals surface area contributed by atoms with Crippen molar-refractivity contribution in [2.45, 2.75) is 19.4 Å². The zero-order chi connectivity index (χ0) is 17.2. The molecule has 0 aliphatic heterocycles. The highest BCUT2D eigenvalue weighted by molar-refractivity contribution is 7.08. The molecule has 24 heavy (non-hydrogen) atoms. The molecule has 1 unspecified atom stereocenters. The van der Waals surface area contributed by atoms with E-state index in [0.717, 1.165) is 11.1 Å². The van der Waals surface area contributed by atoms with Gasteiger partial charge < -0.3 is 14.9 Å². The Balaban J connectivity index is 1.65.